The minimum absolute atomic E-state index is 0.0430. The highest BCUT2D eigenvalue weighted by molar-refractivity contribution is 6.26. The molecule has 0 heterocycles. The number of fused-ring (bicyclic) bond motifs is 3. The van der Waals surface area contributed by atoms with Crippen LogP contribution in [-0.2, 0) is 0 Å². The van der Waals surface area contributed by atoms with E-state index >= 15 is 0 Å². The molecule has 0 spiro atoms. The summed E-state index contributed by atoms with van der Waals surface area (Å²) in [5, 5.41) is 18.3. The van der Waals surface area contributed by atoms with E-state index in [2.05, 4.69) is 0 Å². The molecule has 2 aromatic rings. The molecule has 0 unspecified atom stereocenters. The molecule has 0 aliphatic heterocycles. The van der Waals surface area contributed by atoms with Crippen molar-refractivity contribution in [2.24, 2.45) is 0 Å². The standard InChI is InChI=1S/C15H8O5/c16-13-9-4-2-1-3-7(9)8-5-6-10(14(17)18)12(11(8)13)15(19)20/h1-6H,(H,17,18)(H,19,20). The molecule has 0 aromatic heterocycles. The first kappa shape index (κ1) is 12.1. The average Bonchev–Trinajstić information content (AvgIpc) is 2.72. The van der Waals surface area contributed by atoms with Gasteiger partial charge in [-0.25, -0.2) is 9.59 Å². The number of carboxylic acid groups (broad SMARTS) is 2. The predicted octanol–water partition coefficient (Wildman–Crippen LogP) is 2.29. The van der Waals surface area contributed by atoms with E-state index in [-0.39, 0.29) is 11.1 Å². The summed E-state index contributed by atoms with van der Waals surface area (Å²) in [5.74, 6) is -3.23. The number of carbonyl (C=O) groups is 3. The number of hydrogen-bond donors (Lipinski definition) is 2. The van der Waals surface area contributed by atoms with Gasteiger partial charge < -0.3 is 10.2 Å². The lowest BCUT2D eigenvalue weighted by molar-refractivity contribution is 0.0650. The Morgan fingerprint density at radius 1 is 0.800 bits per heavy atom. The third-order valence-electron chi connectivity index (χ3n) is 3.34. The number of carboxylic acids is 2. The molecule has 0 saturated carbocycles. The molecule has 2 aromatic carbocycles. The summed E-state index contributed by atoms with van der Waals surface area (Å²) in [6.07, 6.45) is 0. The number of carbonyl (C=O) groups excluding carboxylic acids is 1. The van der Waals surface area contributed by atoms with Crippen LogP contribution in [0.3, 0.4) is 0 Å². The maximum Gasteiger partial charge on any atom is 0.337 e. The van der Waals surface area contributed by atoms with Crippen LogP contribution in [0.15, 0.2) is 36.4 Å². The van der Waals surface area contributed by atoms with Crippen LogP contribution < -0.4 is 0 Å². The van der Waals surface area contributed by atoms with E-state index < -0.39 is 23.3 Å². The fourth-order valence-corrected chi connectivity index (χ4v) is 2.51. The van der Waals surface area contributed by atoms with Crippen molar-refractivity contribution < 1.29 is 24.6 Å². The van der Waals surface area contributed by atoms with Crippen LogP contribution >= 0.6 is 0 Å². The van der Waals surface area contributed by atoms with Crippen molar-refractivity contribution in [3.05, 3.63) is 58.7 Å². The molecule has 0 fully saturated rings. The van der Waals surface area contributed by atoms with Gasteiger partial charge in [-0.05, 0) is 17.2 Å². The molecule has 3 rings (SSSR count). The summed E-state index contributed by atoms with van der Waals surface area (Å²) in [6, 6.07) is 9.44. The molecular weight excluding hydrogens is 260 g/mol. The van der Waals surface area contributed by atoms with Gasteiger partial charge in [-0.15, -0.1) is 0 Å². The summed E-state index contributed by atoms with van der Waals surface area (Å²) in [4.78, 5) is 34.8. The Kier molecular flexibility index (Phi) is 2.44. The lowest BCUT2D eigenvalue weighted by Gasteiger charge is -2.07. The predicted molar refractivity (Wildman–Crippen MR) is 69.2 cm³/mol. The van der Waals surface area contributed by atoms with Crippen LogP contribution in [0.1, 0.15) is 36.6 Å². The fourth-order valence-electron chi connectivity index (χ4n) is 2.51. The summed E-state index contributed by atoms with van der Waals surface area (Å²) in [5.41, 5.74) is 0.625. The number of rotatable bonds is 2. The van der Waals surface area contributed by atoms with Gasteiger partial charge in [-0.2, -0.15) is 0 Å². The van der Waals surface area contributed by atoms with E-state index in [1.807, 2.05) is 0 Å². The number of hydrogen-bond acceptors (Lipinski definition) is 3. The van der Waals surface area contributed by atoms with Gasteiger partial charge in [0.15, 0.2) is 5.78 Å². The van der Waals surface area contributed by atoms with Crippen molar-refractivity contribution in [1.82, 2.24) is 0 Å². The third-order valence-corrected chi connectivity index (χ3v) is 3.34. The first-order valence-corrected chi connectivity index (χ1v) is 5.80. The Hall–Kier alpha value is -2.95. The molecule has 1 aliphatic carbocycles. The topological polar surface area (TPSA) is 91.7 Å². The molecule has 0 radical (unpaired) electrons. The van der Waals surface area contributed by atoms with E-state index in [1.165, 1.54) is 12.1 Å². The van der Waals surface area contributed by atoms with Crippen molar-refractivity contribution >= 4 is 17.7 Å². The van der Waals surface area contributed by atoms with E-state index in [0.717, 1.165) is 0 Å². The molecule has 5 nitrogen and oxygen atoms in total. The molecule has 0 atom stereocenters. The zero-order chi connectivity index (χ0) is 14.4. The first-order valence-electron chi connectivity index (χ1n) is 5.80. The smallest absolute Gasteiger partial charge is 0.337 e. The number of benzene rings is 2. The van der Waals surface area contributed by atoms with Crippen LogP contribution in [0.5, 0.6) is 0 Å². The minimum Gasteiger partial charge on any atom is -0.478 e. The molecule has 98 valence electrons. The van der Waals surface area contributed by atoms with E-state index in [1.54, 1.807) is 24.3 Å². The van der Waals surface area contributed by atoms with Gasteiger partial charge >= 0.3 is 11.9 Å². The minimum atomic E-state index is -1.42. The monoisotopic (exact) mass is 268 g/mol. The molecule has 2 N–H and O–H groups in total. The molecule has 5 heteroatoms. The van der Waals surface area contributed by atoms with E-state index in [4.69, 9.17) is 5.11 Å². The van der Waals surface area contributed by atoms with Gasteiger partial charge in [0.2, 0.25) is 0 Å². The maximum atomic E-state index is 12.3. The largest absolute Gasteiger partial charge is 0.478 e. The second-order valence-electron chi connectivity index (χ2n) is 4.40. The van der Waals surface area contributed by atoms with Crippen LogP contribution in [0.25, 0.3) is 11.1 Å². The van der Waals surface area contributed by atoms with Crippen LogP contribution in [-0.4, -0.2) is 27.9 Å². The number of ketones is 1. The van der Waals surface area contributed by atoms with Crippen LogP contribution in [0.2, 0.25) is 0 Å². The molecule has 20 heavy (non-hydrogen) atoms. The normalized spacial score (nSPS) is 11.9. The first-order chi connectivity index (χ1) is 9.52. The molecule has 0 saturated heterocycles. The highest BCUT2D eigenvalue weighted by Gasteiger charge is 2.33. The van der Waals surface area contributed by atoms with Gasteiger partial charge in [-0.3, -0.25) is 4.79 Å². The quantitative estimate of drug-likeness (QED) is 0.744. The Morgan fingerprint density at radius 3 is 2.05 bits per heavy atom. The van der Waals surface area contributed by atoms with Gasteiger partial charge in [0.1, 0.15) is 0 Å². The maximum absolute atomic E-state index is 12.3. The van der Waals surface area contributed by atoms with Crippen molar-refractivity contribution in [2.45, 2.75) is 0 Å². The summed E-state index contributed by atoms with van der Waals surface area (Å²) in [7, 11) is 0. The highest BCUT2D eigenvalue weighted by atomic mass is 16.4. The van der Waals surface area contributed by atoms with Gasteiger partial charge in [0.25, 0.3) is 0 Å². The molecular formula is C15H8O5. The zero-order valence-corrected chi connectivity index (χ0v) is 10.1. The van der Waals surface area contributed by atoms with E-state index in [0.29, 0.717) is 16.7 Å². The lowest BCUT2D eigenvalue weighted by atomic mass is 9.96. The summed E-state index contributed by atoms with van der Waals surface area (Å²) >= 11 is 0. The van der Waals surface area contributed by atoms with Gasteiger partial charge in [0.05, 0.1) is 11.1 Å². The second kappa shape index (κ2) is 4.03. The average molecular weight is 268 g/mol. The fraction of sp³-hybridized carbons (Fsp3) is 0. The van der Waals surface area contributed by atoms with Crippen molar-refractivity contribution in [3.63, 3.8) is 0 Å². The van der Waals surface area contributed by atoms with Gasteiger partial charge in [0, 0.05) is 11.1 Å². The Bertz CT molecular complexity index is 789. The van der Waals surface area contributed by atoms with Crippen molar-refractivity contribution in [3.8, 4) is 11.1 Å². The molecule has 0 bridgehead atoms. The molecule has 1 aliphatic rings. The summed E-state index contributed by atoms with van der Waals surface area (Å²) in [6.45, 7) is 0. The van der Waals surface area contributed by atoms with Crippen LogP contribution in [0.4, 0.5) is 0 Å². The SMILES string of the molecule is O=C(O)c1ccc2c(c1C(=O)O)C(=O)c1ccccc1-2. The van der Waals surface area contributed by atoms with Crippen molar-refractivity contribution in [1.29, 1.82) is 0 Å². The Morgan fingerprint density at radius 2 is 1.45 bits per heavy atom. The second-order valence-corrected chi connectivity index (χ2v) is 4.40. The highest BCUT2D eigenvalue weighted by Crippen LogP contribution is 2.39. The Labute approximate surface area is 113 Å². The lowest BCUT2D eigenvalue weighted by Crippen LogP contribution is -2.13. The van der Waals surface area contributed by atoms with Crippen molar-refractivity contribution in [2.75, 3.05) is 0 Å². The number of aromatic carboxylic acids is 2. The zero-order valence-electron chi connectivity index (χ0n) is 10.1. The Balaban J connectivity index is 2.41. The summed E-state index contributed by atoms with van der Waals surface area (Å²) < 4.78 is 0. The van der Waals surface area contributed by atoms with E-state index in [9.17, 15) is 19.5 Å². The van der Waals surface area contributed by atoms with Gasteiger partial charge in [-0.1, -0.05) is 30.3 Å². The third kappa shape index (κ3) is 1.46. The molecule has 0 amide bonds. The van der Waals surface area contributed by atoms with Crippen LogP contribution in [0, 0.1) is 0 Å².